The fourth-order valence-electron chi connectivity index (χ4n) is 4.39. The van der Waals surface area contributed by atoms with Crippen LogP contribution in [0.15, 0.2) is 49.1 Å². The molecule has 0 spiro atoms. The summed E-state index contributed by atoms with van der Waals surface area (Å²) in [6, 6.07) is 10.8. The van der Waals surface area contributed by atoms with E-state index in [1.807, 2.05) is 44.2 Å². The Morgan fingerprint density at radius 3 is 2.81 bits per heavy atom. The van der Waals surface area contributed by atoms with Gasteiger partial charge in [-0.15, -0.1) is 0 Å². The van der Waals surface area contributed by atoms with Gasteiger partial charge in [0.1, 0.15) is 29.5 Å². The van der Waals surface area contributed by atoms with Crippen molar-refractivity contribution in [1.82, 2.24) is 15.1 Å². The van der Waals surface area contributed by atoms with Crippen LogP contribution in [0.25, 0.3) is 11.3 Å². The second-order valence-electron chi connectivity index (χ2n) is 7.99. The van der Waals surface area contributed by atoms with Gasteiger partial charge in [0.15, 0.2) is 0 Å². The molecule has 0 radical (unpaired) electrons. The average Bonchev–Trinajstić information content (AvgIpc) is 3.29. The van der Waals surface area contributed by atoms with Crippen molar-refractivity contribution < 1.29 is 19.7 Å². The van der Waals surface area contributed by atoms with Gasteiger partial charge in [-0.2, -0.15) is 5.10 Å². The molecule has 1 atom stereocenters. The van der Waals surface area contributed by atoms with Crippen LogP contribution in [0.4, 0.5) is 0 Å². The quantitative estimate of drug-likeness (QED) is 0.468. The first-order valence-electron chi connectivity index (χ1n) is 10.6. The Morgan fingerprint density at radius 1 is 1.28 bits per heavy atom. The molecule has 2 heterocycles. The maximum absolute atomic E-state index is 13.3. The van der Waals surface area contributed by atoms with E-state index in [1.54, 1.807) is 17.0 Å². The van der Waals surface area contributed by atoms with Crippen LogP contribution in [0.3, 0.4) is 0 Å². The van der Waals surface area contributed by atoms with Crippen LogP contribution in [0.2, 0.25) is 0 Å². The number of benzene rings is 2. The molecule has 2 aromatic carbocycles. The van der Waals surface area contributed by atoms with E-state index in [2.05, 4.69) is 16.8 Å². The summed E-state index contributed by atoms with van der Waals surface area (Å²) >= 11 is 0. The number of nitrogens with zero attached hydrogens (tertiary/aromatic N) is 2. The van der Waals surface area contributed by atoms with Gasteiger partial charge in [0.2, 0.25) is 0 Å². The Morgan fingerprint density at radius 2 is 2.09 bits per heavy atom. The number of aliphatic hydroxyl groups excluding tert-OH is 1. The third-order valence-electron chi connectivity index (χ3n) is 5.66. The number of H-pyrrole nitrogens is 1. The molecule has 1 unspecified atom stereocenters. The summed E-state index contributed by atoms with van der Waals surface area (Å²) in [7, 11) is 0. The number of aromatic hydroxyl groups is 1. The molecule has 166 valence electrons. The monoisotopic (exact) mass is 433 g/mol. The Balaban J connectivity index is 1.88. The van der Waals surface area contributed by atoms with E-state index in [0.29, 0.717) is 42.3 Å². The lowest BCUT2D eigenvalue weighted by Gasteiger charge is -2.26. The minimum Gasteiger partial charge on any atom is -0.507 e. The van der Waals surface area contributed by atoms with Gasteiger partial charge >= 0.3 is 0 Å². The number of aromatic nitrogens is 2. The normalized spacial score (nSPS) is 15.2. The number of aliphatic hydroxyl groups is 1. The zero-order valence-electron chi connectivity index (χ0n) is 18.3. The summed E-state index contributed by atoms with van der Waals surface area (Å²) in [6.07, 6.45) is 2.13. The van der Waals surface area contributed by atoms with E-state index in [0.717, 1.165) is 22.3 Å². The molecule has 0 bridgehead atoms. The molecule has 3 N–H and O–H groups in total. The third kappa shape index (κ3) is 3.76. The number of carbonyl (C=O) groups is 1. The second kappa shape index (κ2) is 8.88. The molecule has 4 rings (SSSR count). The predicted octanol–water partition coefficient (Wildman–Crippen LogP) is 3.89. The Kier molecular flexibility index (Phi) is 6.01. The van der Waals surface area contributed by atoms with Gasteiger partial charge in [-0.1, -0.05) is 30.9 Å². The van der Waals surface area contributed by atoms with E-state index in [1.165, 1.54) is 0 Å². The van der Waals surface area contributed by atoms with Crippen molar-refractivity contribution in [3.8, 4) is 22.8 Å². The number of nitrogens with one attached hydrogen (secondary N) is 1. The first-order valence-corrected chi connectivity index (χ1v) is 10.6. The smallest absolute Gasteiger partial charge is 0.273 e. The minimum absolute atomic E-state index is 0.0180. The largest absolute Gasteiger partial charge is 0.507 e. The van der Waals surface area contributed by atoms with Gasteiger partial charge in [0.25, 0.3) is 5.91 Å². The molecule has 1 aliphatic rings. The van der Waals surface area contributed by atoms with Gasteiger partial charge in [-0.05, 0) is 55.2 Å². The maximum atomic E-state index is 13.3. The summed E-state index contributed by atoms with van der Waals surface area (Å²) in [5.74, 6) is 0.614. The number of rotatable bonds is 8. The number of ether oxygens (including phenoxy) is 1. The highest BCUT2D eigenvalue weighted by Gasteiger charge is 2.42. The Hall–Kier alpha value is -3.58. The summed E-state index contributed by atoms with van der Waals surface area (Å²) in [5, 5.41) is 27.5. The Labute approximate surface area is 187 Å². The average molecular weight is 434 g/mol. The van der Waals surface area contributed by atoms with Gasteiger partial charge in [-0.3, -0.25) is 9.89 Å². The van der Waals surface area contributed by atoms with Gasteiger partial charge in [-0.25, -0.2) is 0 Å². The number of carbonyl (C=O) groups excluding carboxylic acids is 1. The van der Waals surface area contributed by atoms with Crippen molar-refractivity contribution in [3.63, 3.8) is 0 Å². The molecule has 7 heteroatoms. The van der Waals surface area contributed by atoms with Crippen molar-refractivity contribution >= 4 is 5.91 Å². The lowest BCUT2D eigenvalue weighted by atomic mass is 9.93. The number of aryl methyl sites for hydroxylation is 2. The summed E-state index contributed by atoms with van der Waals surface area (Å²) < 4.78 is 5.71. The molecule has 32 heavy (non-hydrogen) atoms. The van der Waals surface area contributed by atoms with Crippen molar-refractivity contribution in [1.29, 1.82) is 0 Å². The van der Waals surface area contributed by atoms with Crippen LogP contribution in [-0.4, -0.2) is 51.0 Å². The van der Waals surface area contributed by atoms with Crippen LogP contribution >= 0.6 is 0 Å². The molecule has 1 aromatic heterocycles. The molecular weight excluding hydrogens is 406 g/mol. The molecular formula is C25H27N3O4. The first kappa shape index (κ1) is 21.6. The third-order valence-corrected chi connectivity index (χ3v) is 5.66. The van der Waals surface area contributed by atoms with E-state index in [9.17, 15) is 15.0 Å². The van der Waals surface area contributed by atoms with E-state index < -0.39 is 6.04 Å². The minimum atomic E-state index is -0.426. The summed E-state index contributed by atoms with van der Waals surface area (Å²) in [6.45, 7) is 8.27. The molecule has 0 saturated carbocycles. The topological polar surface area (TPSA) is 98.7 Å². The van der Waals surface area contributed by atoms with Gasteiger partial charge < -0.3 is 19.8 Å². The molecule has 0 aliphatic carbocycles. The lowest BCUT2D eigenvalue weighted by molar-refractivity contribution is 0.0732. The number of amides is 1. The summed E-state index contributed by atoms with van der Waals surface area (Å²) in [5.41, 5.74) is 4.96. The predicted molar refractivity (Wildman–Crippen MR) is 122 cm³/mol. The van der Waals surface area contributed by atoms with Crippen LogP contribution in [0, 0.1) is 13.8 Å². The van der Waals surface area contributed by atoms with Crippen molar-refractivity contribution in [3.05, 3.63) is 77.0 Å². The highest BCUT2D eigenvalue weighted by atomic mass is 16.5. The zero-order chi connectivity index (χ0) is 22.8. The zero-order valence-corrected chi connectivity index (χ0v) is 18.3. The van der Waals surface area contributed by atoms with Crippen molar-refractivity contribution in [2.75, 3.05) is 19.8 Å². The number of phenolic OH excluding ortho intramolecular Hbond substituents is 1. The standard InChI is InChI=1S/C25H27N3O4/c1-4-11-32-18-8-5-7-17(14-18)24-21-22(20-16(3)12-15(2)13-19(20)30)26-27-23(21)25(31)28(24)9-6-10-29/h4-5,7-8,12-14,24,29-30H,1,6,9-11H2,2-3H3,(H,26,27). The second-order valence-corrected chi connectivity index (χ2v) is 7.99. The molecule has 0 saturated heterocycles. The van der Waals surface area contributed by atoms with E-state index in [4.69, 9.17) is 4.74 Å². The first-order chi connectivity index (χ1) is 15.5. The van der Waals surface area contributed by atoms with Crippen LogP contribution in [0.5, 0.6) is 11.5 Å². The number of hydrogen-bond donors (Lipinski definition) is 3. The number of phenols is 1. The van der Waals surface area contributed by atoms with Crippen LogP contribution < -0.4 is 4.74 Å². The number of aromatic amines is 1. The van der Waals surface area contributed by atoms with Gasteiger partial charge in [0.05, 0.1) is 6.04 Å². The SMILES string of the molecule is C=CCOc1cccc(C2c3c(-c4c(C)cc(C)cc4O)n[nH]c3C(=O)N2CCCO)c1. The highest BCUT2D eigenvalue weighted by molar-refractivity contribution is 6.00. The molecule has 3 aromatic rings. The van der Waals surface area contributed by atoms with Crippen molar-refractivity contribution in [2.45, 2.75) is 26.3 Å². The Bertz CT molecular complexity index is 1140. The molecule has 1 aliphatic heterocycles. The van der Waals surface area contributed by atoms with E-state index in [-0.39, 0.29) is 18.3 Å². The fourth-order valence-corrected chi connectivity index (χ4v) is 4.39. The summed E-state index contributed by atoms with van der Waals surface area (Å²) in [4.78, 5) is 15.0. The van der Waals surface area contributed by atoms with Crippen molar-refractivity contribution in [2.24, 2.45) is 0 Å². The number of fused-ring (bicyclic) bond motifs is 1. The molecule has 7 nitrogen and oxygen atoms in total. The number of hydrogen-bond acceptors (Lipinski definition) is 5. The van der Waals surface area contributed by atoms with Gasteiger partial charge in [0, 0.05) is 24.3 Å². The molecule has 0 fully saturated rings. The van der Waals surface area contributed by atoms with E-state index >= 15 is 0 Å². The maximum Gasteiger partial charge on any atom is 0.273 e. The lowest BCUT2D eigenvalue weighted by Crippen LogP contribution is -2.31. The highest BCUT2D eigenvalue weighted by Crippen LogP contribution is 2.46. The van der Waals surface area contributed by atoms with Crippen LogP contribution in [-0.2, 0) is 0 Å². The molecule has 1 amide bonds. The van der Waals surface area contributed by atoms with Crippen LogP contribution in [0.1, 0.15) is 45.2 Å². The fraction of sp³-hybridized carbons (Fsp3) is 0.280.